The van der Waals surface area contributed by atoms with Crippen molar-refractivity contribution in [2.24, 2.45) is 0 Å². The standard InChI is InChI=1S/C32H18N8.C10H8/c1-2-10-18-17(9-1)25-33-26(18)38-28-21-13-5-6-14-22(21)30(35-28)40-32-24-16-8-7-15-23(24)31(36-32)39-29-20-12-4-3-11-19(20)27(34-29)37-25;1-2-6-10-8-4-3-7-9(10)5-1/h1-16H,(H2,33,34,35,36,37,38,39,40);1-8H. The molecule has 50 heavy (non-hydrogen) atoms. The fourth-order valence-corrected chi connectivity index (χ4v) is 6.72. The summed E-state index contributed by atoms with van der Waals surface area (Å²) in [5.74, 6) is 2.39. The molecule has 11 rings (SSSR count). The molecule has 8 heteroatoms. The highest BCUT2D eigenvalue weighted by Gasteiger charge is 2.21. The first-order valence-corrected chi connectivity index (χ1v) is 16.4. The quantitative estimate of drug-likeness (QED) is 0.170. The van der Waals surface area contributed by atoms with E-state index in [-0.39, 0.29) is 0 Å². The Morgan fingerprint density at radius 3 is 0.780 bits per heavy atom. The maximum atomic E-state index is 5.02. The minimum atomic E-state index is 0.597. The number of hydrogen-bond donors (Lipinski definition) is 2. The molecule has 6 aromatic carbocycles. The summed E-state index contributed by atoms with van der Waals surface area (Å²) in [6, 6.07) is 49.0. The number of fused-ring (bicyclic) bond motifs is 21. The van der Waals surface area contributed by atoms with Gasteiger partial charge in [0.25, 0.3) is 0 Å². The van der Waals surface area contributed by atoms with E-state index in [1.807, 2.05) is 97.1 Å². The highest BCUT2D eigenvalue weighted by atomic mass is 15.1. The fourth-order valence-electron chi connectivity index (χ4n) is 6.72. The average Bonchev–Trinajstić information content (AvgIpc) is 3.91. The molecule has 0 amide bonds. The van der Waals surface area contributed by atoms with Crippen LogP contribution in [0.25, 0.3) is 100 Å². The van der Waals surface area contributed by atoms with Crippen molar-refractivity contribution in [3.8, 4) is 45.6 Å². The van der Waals surface area contributed by atoms with Gasteiger partial charge in [0, 0.05) is 43.8 Å². The molecule has 0 radical (unpaired) electrons. The van der Waals surface area contributed by atoms with Gasteiger partial charge < -0.3 is 9.97 Å². The van der Waals surface area contributed by atoms with E-state index >= 15 is 0 Å². The second-order valence-corrected chi connectivity index (χ2v) is 12.1. The monoisotopic (exact) mass is 642 g/mol. The van der Waals surface area contributed by atoms with E-state index in [1.165, 1.54) is 10.8 Å². The number of benzene rings is 6. The van der Waals surface area contributed by atoms with Crippen molar-refractivity contribution in [3.05, 3.63) is 146 Å². The van der Waals surface area contributed by atoms with Gasteiger partial charge in [0.15, 0.2) is 23.3 Å². The average molecular weight is 643 g/mol. The van der Waals surface area contributed by atoms with Crippen LogP contribution in [0.4, 0.5) is 0 Å². The summed E-state index contributed by atoms with van der Waals surface area (Å²) in [4.78, 5) is 36.8. The Labute approximate surface area is 285 Å². The lowest BCUT2D eigenvalue weighted by molar-refractivity contribution is 1.19. The smallest absolute Gasteiger partial charge is 0.164 e. The molecule has 8 bridgehead atoms. The first-order chi connectivity index (χ1) is 24.8. The maximum Gasteiger partial charge on any atom is 0.164 e. The van der Waals surface area contributed by atoms with Crippen molar-refractivity contribution >= 4 is 54.9 Å². The van der Waals surface area contributed by atoms with E-state index in [0.29, 0.717) is 45.9 Å². The molecule has 0 aliphatic carbocycles. The first-order valence-electron chi connectivity index (χ1n) is 16.4. The predicted octanol–water partition coefficient (Wildman–Crippen LogP) is 9.71. The number of aromatic amines is 2. The van der Waals surface area contributed by atoms with Crippen LogP contribution >= 0.6 is 0 Å². The van der Waals surface area contributed by atoms with E-state index in [2.05, 4.69) is 58.5 Å². The number of nitrogens with one attached hydrogen (secondary N) is 2. The molecule has 0 unspecified atom stereocenters. The van der Waals surface area contributed by atoms with Crippen LogP contribution in [0.15, 0.2) is 146 Å². The number of hydrogen-bond acceptors (Lipinski definition) is 6. The van der Waals surface area contributed by atoms with Gasteiger partial charge in [-0.3, -0.25) is 0 Å². The highest BCUT2D eigenvalue weighted by molar-refractivity contribution is 6.06. The van der Waals surface area contributed by atoms with Gasteiger partial charge in [-0.25, -0.2) is 29.9 Å². The first kappa shape index (κ1) is 28.0. The zero-order valence-corrected chi connectivity index (χ0v) is 26.5. The molecule has 0 fully saturated rings. The van der Waals surface area contributed by atoms with E-state index in [0.717, 1.165) is 43.8 Å². The summed E-state index contributed by atoms with van der Waals surface area (Å²) in [6.07, 6.45) is 0. The fraction of sp³-hybridized carbons (Fsp3) is 0. The van der Waals surface area contributed by atoms with Gasteiger partial charge in [-0.2, -0.15) is 0 Å². The third-order valence-electron chi connectivity index (χ3n) is 9.12. The molecule has 0 spiro atoms. The van der Waals surface area contributed by atoms with Crippen molar-refractivity contribution in [1.29, 1.82) is 0 Å². The van der Waals surface area contributed by atoms with Gasteiger partial charge in [0.05, 0.1) is 0 Å². The molecule has 2 N–H and O–H groups in total. The molecule has 5 heterocycles. The van der Waals surface area contributed by atoms with Crippen molar-refractivity contribution in [3.63, 3.8) is 0 Å². The lowest BCUT2D eigenvalue weighted by Crippen LogP contribution is -1.82. The van der Waals surface area contributed by atoms with Crippen LogP contribution < -0.4 is 0 Å². The summed E-state index contributed by atoms with van der Waals surface area (Å²) < 4.78 is 0. The summed E-state index contributed by atoms with van der Waals surface area (Å²) in [5, 5.41) is 6.44. The van der Waals surface area contributed by atoms with E-state index < -0.39 is 0 Å². The summed E-state index contributed by atoms with van der Waals surface area (Å²) in [7, 11) is 0. The van der Waals surface area contributed by atoms with Gasteiger partial charge in [-0.1, -0.05) is 146 Å². The van der Waals surface area contributed by atoms with Crippen LogP contribution in [0.5, 0.6) is 0 Å². The molecule has 0 saturated carbocycles. The molecule has 9 aromatic rings. The molecule has 0 atom stereocenters. The van der Waals surface area contributed by atoms with Crippen molar-refractivity contribution < 1.29 is 0 Å². The summed E-state index contributed by atoms with van der Waals surface area (Å²) in [6.45, 7) is 0. The van der Waals surface area contributed by atoms with Crippen LogP contribution in [-0.2, 0) is 0 Å². The molecular formula is C42H26N8. The number of H-pyrrole nitrogens is 2. The van der Waals surface area contributed by atoms with Crippen LogP contribution in [0.3, 0.4) is 0 Å². The minimum Gasteiger partial charge on any atom is -0.324 e. The number of aromatic nitrogens is 8. The van der Waals surface area contributed by atoms with Gasteiger partial charge in [-0.05, 0) is 10.8 Å². The number of nitrogens with zero attached hydrogens (tertiary/aromatic N) is 6. The van der Waals surface area contributed by atoms with Crippen LogP contribution in [0, 0.1) is 0 Å². The largest absolute Gasteiger partial charge is 0.324 e. The number of rotatable bonds is 0. The van der Waals surface area contributed by atoms with Crippen molar-refractivity contribution in [2.75, 3.05) is 0 Å². The van der Waals surface area contributed by atoms with Gasteiger partial charge in [-0.15, -0.1) is 0 Å². The van der Waals surface area contributed by atoms with E-state index in [9.17, 15) is 0 Å². The predicted molar refractivity (Wildman–Crippen MR) is 200 cm³/mol. The highest BCUT2D eigenvalue weighted by Crippen LogP contribution is 2.36. The Bertz CT molecular complexity index is 2570. The van der Waals surface area contributed by atoms with Crippen LogP contribution in [-0.4, -0.2) is 39.9 Å². The van der Waals surface area contributed by atoms with Gasteiger partial charge in [0.2, 0.25) is 0 Å². The molecule has 2 aliphatic heterocycles. The molecule has 0 saturated heterocycles. The third kappa shape index (κ3) is 4.62. The molecule has 234 valence electrons. The molecule has 8 nitrogen and oxygen atoms in total. The molecule has 3 aromatic heterocycles. The normalized spacial score (nSPS) is 11.6. The zero-order chi connectivity index (χ0) is 33.0. The van der Waals surface area contributed by atoms with Crippen molar-refractivity contribution in [1.82, 2.24) is 39.9 Å². The Morgan fingerprint density at radius 2 is 0.500 bits per heavy atom. The Morgan fingerprint density at radius 1 is 0.260 bits per heavy atom. The van der Waals surface area contributed by atoms with Gasteiger partial charge >= 0.3 is 0 Å². The Kier molecular flexibility index (Phi) is 6.32. The summed E-state index contributed by atoms with van der Waals surface area (Å²) in [5.41, 5.74) is 6.45. The lowest BCUT2D eigenvalue weighted by Gasteiger charge is -1.96. The van der Waals surface area contributed by atoms with Gasteiger partial charge in [0.1, 0.15) is 22.6 Å². The summed E-state index contributed by atoms with van der Waals surface area (Å²) >= 11 is 0. The second-order valence-electron chi connectivity index (χ2n) is 12.1. The topological polar surface area (TPSA) is 109 Å². The molecular weight excluding hydrogens is 617 g/mol. The molecule has 2 aliphatic rings. The third-order valence-corrected chi connectivity index (χ3v) is 9.12. The SMILES string of the molecule is c1ccc2c(c1)-c1nc-2nc2[nH]c(nc3nc(nc4[nH]c(n1)c1ccccc41)-c1ccccc1-3)c1ccccc21.c1ccc2ccccc2c1. The van der Waals surface area contributed by atoms with Crippen LogP contribution in [0.2, 0.25) is 0 Å². The van der Waals surface area contributed by atoms with E-state index in [1.54, 1.807) is 0 Å². The Balaban J connectivity index is 0.000000272. The maximum absolute atomic E-state index is 5.02. The van der Waals surface area contributed by atoms with Crippen LogP contribution in [0.1, 0.15) is 0 Å². The Hall–Kier alpha value is -7.06. The minimum absolute atomic E-state index is 0.597. The lowest BCUT2D eigenvalue weighted by atomic mass is 10.1. The van der Waals surface area contributed by atoms with E-state index in [4.69, 9.17) is 29.9 Å². The van der Waals surface area contributed by atoms with Crippen molar-refractivity contribution in [2.45, 2.75) is 0 Å². The second kappa shape index (κ2) is 11.3. The zero-order valence-electron chi connectivity index (χ0n) is 26.5.